The molecule has 0 saturated carbocycles. The lowest BCUT2D eigenvalue weighted by Crippen LogP contribution is -2.33. The summed E-state index contributed by atoms with van der Waals surface area (Å²) in [6.45, 7) is 4.15. The summed E-state index contributed by atoms with van der Waals surface area (Å²) in [7, 11) is 0. The first kappa shape index (κ1) is 19.9. The van der Waals surface area contributed by atoms with E-state index >= 15 is 0 Å². The molecule has 2 heterocycles. The van der Waals surface area contributed by atoms with E-state index in [4.69, 9.17) is 9.47 Å². The zero-order chi connectivity index (χ0) is 20.9. The molecule has 0 amide bonds. The van der Waals surface area contributed by atoms with E-state index in [1.165, 1.54) is 43.5 Å². The van der Waals surface area contributed by atoms with E-state index in [2.05, 4.69) is 71.6 Å². The topological polar surface area (TPSA) is 21.7 Å². The van der Waals surface area contributed by atoms with Gasteiger partial charge in [0.25, 0.3) is 0 Å². The van der Waals surface area contributed by atoms with Crippen LogP contribution in [0.15, 0.2) is 78.9 Å². The van der Waals surface area contributed by atoms with Crippen LogP contribution in [0.25, 0.3) is 11.6 Å². The van der Waals surface area contributed by atoms with Gasteiger partial charge < -0.3 is 9.47 Å². The molecule has 0 N–H and O–H groups in total. The predicted molar refractivity (Wildman–Crippen MR) is 126 cm³/mol. The first-order chi connectivity index (χ1) is 15.4. The minimum absolute atomic E-state index is 0.139. The van der Waals surface area contributed by atoms with Gasteiger partial charge in [-0.25, -0.2) is 0 Å². The molecule has 2 aliphatic heterocycles. The summed E-state index contributed by atoms with van der Waals surface area (Å²) in [6.07, 6.45) is 6.11. The van der Waals surface area contributed by atoms with E-state index in [0.29, 0.717) is 0 Å². The Balaban J connectivity index is 1.32. The van der Waals surface area contributed by atoms with Gasteiger partial charge in [-0.3, -0.25) is 4.90 Å². The Hall–Kier alpha value is -3.04. The largest absolute Gasteiger partial charge is 0.492 e. The molecule has 1 saturated heterocycles. The summed E-state index contributed by atoms with van der Waals surface area (Å²) in [5.74, 6) is 1.84. The van der Waals surface area contributed by atoms with Crippen molar-refractivity contribution in [3.63, 3.8) is 0 Å². The Kier molecular flexibility index (Phi) is 6.03. The van der Waals surface area contributed by atoms with Gasteiger partial charge in [-0.15, -0.1) is 0 Å². The maximum atomic E-state index is 6.47. The van der Waals surface area contributed by atoms with Crippen molar-refractivity contribution in [1.82, 2.24) is 4.90 Å². The van der Waals surface area contributed by atoms with Crippen LogP contribution in [0.5, 0.6) is 11.5 Å². The van der Waals surface area contributed by atoms with Crippen molar-refractivity contribution in [3.8, 4) is 11.5 Å². The molecule has 0 aliphatic carbocycles. The summed E-state index contributed by atoms with van der Waals surface area (Å²) in [5, 5.41) is 0. The minimum Gasteiger partial charge on any atom is -0.492 e. The molecule has 158 valence electrons. The summed E-state index contributed by atoms with van der Waals surface area (Å²) in [5.41, 5.74) is 4.62. The number of piperidine rings is 1. The molecule has 3 aromatic carbocycles. The lowest BCUT2D eigenvalue weighted by Gasteiger charge is -2.28. The average Bonchev–Trinajstić information content (AvgIpc) is 2.85. The highest BCUT2D eigenvalue weighted by Gasteiger charge is 2.25. The highest BCUT2D eigenvalue weighted by molar-refractivity contribution is 5.87. The maximum Gasteiger partial charge on any atom is 0.149 e. The third-order valence-corrected chi connectivity index (χ3v) is 6.17. The number of fused-ring (bicyclic) bond motifs is 1. The van der Waals surface area contributed by atoms with Crippen LogP contribution >= 0.6 is 0 Å². The molecule has 0 bridgehead atoms. The van der Waals surface area contributed by atoms with E-state index in [1.807, 2.05) is 18.2 Å². The van der Waals surface area contributed by atoms with Crippen LogP contribution in [0.2, 0.25) is 0 Å². The van der Waals surface area contributed by atoms with Gasteiger partial charge in [-0.05, 0) is 61.3 Å². The minimum atomic E-state index is -0.139. The smallest absolute Gasteiger partial charge is 0.149 e. The number of hydrogen-bond acceptors (Lipinski definition) is 3. The molecule has 1 fully saturated rings. The molecule has 31 heavy (non-hydrogen) atoms. The first-order valence-corrected chi connectivity index (χ1v) is 11.3. The van der Waals surface area contributed by atoms with E-state index in [-0.39, 0.29) is 6.10 Å². The number of ether oxygens (including phenoxy) is 2. The Labute approximate surface area is 184 Å². The fourth-order valence-corrected chi connectivity index (χ4v) is 4.47. The Morgan fingerprint density at radius 3 is 2.35 bits per heavy atom. The van der Waals surface area contributed by atoms with Crippen LogP contribution in [-0.4, -0.2) is 31.1 Å². The third-order valence-electron chi connectivity index (χ3n) is 6.17. The molecule has 0 radical (unpaired) electrons. The van der Waals surface area contributed by atoms with Crippen LogP contribution in [-0.2, 0) is 0 Å². The van der Waals surface area contributed by atoms with Crippen molar-refractivity contribution < 1.29 is 9.47 Å². The van der Waals surface area contributed by atoms with Crippen LogP contribution in [0.4, 0.5) is 0 Å². The molecule has 2 aliphatic rings. The van der Waals surface area contributed by atoms with Crippen LogP contribution in [0.1, 0.15) is 42.1 Å². The van der Waals surface area contributed by atoms with Gasteiger partial charge in [-0.1, -0.05) is 67.1 Å². The molecule has 5 rings (SSSR count). The second kappa shape index (κ2) is 9.40. The third kappa shape index (κ3) is 4.67. The number of rotatable bonds is 6. The van der Waals surface area contributed by atoms with Gasteiger partial charge >= 0.3 is 0 Å². The Bertz CT molecular complexity index is 1020. The molecule has 0 aromatic heterocycles. The number of likely N-dealkylation sites (tertiary alicyclic amines) is 1. The standard InChI is InChI=1S/C28H29NO2/c1-3-9-22(10-4-1)26-21-24-11-5-6-12-27(24)31-28(26)23-13-15-25(16-14-23)30-20-19-29-17-7-2-8-18-29/h1,3-6,9-16,21,28H,2,7-8,17-20H2. The van der Waals surface area contributed by atoms with Gasteiger partial charge in [0, 0.05) is 17.7 Å². The average molecular weight is 412 g/mol. The predicted octanol–water partition coefficient (Wildman–Crippen LogP) is 6.23. The maximum absolute atomic E-state index is 6.47. The molecule has 1 unspecified atom stereocenters. The Morgan fingerprint density at radius 1 is 0.806 bits per heavy atom. The second-order valence-electron chi connectivity index (χ2n) is 8.32. The number of nitrogens with zero attached hydrogens (tertiary/aromatic N) is 1. The fraction of sp³-hybridized carbons (Fsp3) is 0.286. The summed E-state index contributed by atoms with van der Waals surface area (Å²) in [6, 6.07) is 27.1. The summed E-state index contributed by atoms with van der Waals surface area (Å²) < 4.78 is 12.5. The number of benzene rings is 3. The van der Waals surface area contributed by atoms with E-state index in [9.17, 15) is 0 Å². The van der Waals surface area contributed by atoms with Crippen LogP contribution < -0.4 is 9.47 Å². The van der Waals surface area contributed by atoms with Crippen molar-refractivity contribution in [2.45, 2.75) is 25.4 Å². The molecule has 3 heteroatoms. The molecule has 0 spiro atoms. The lowest BCUT2D eigenvalue weighted by molar-refractivity contribution is 0.183. The van der Waals surface area contributed by atoms with Crippen molar-refractivity contribution in [2.75, 3.05) is 26.2 Å². The highest BCUT2D eigenvalue weighted by atomic mass is 16.5. The lowest BCUT2D eigenvalue weighted by atomic mass is 9.91. The molecule has 1 atom stereocenters. The van der Waals surface area contributed by atoms with E-state index in [0.717, 1.165) is 35.8 Å². The van der Waals surface area contributed by atoms with Crippen molar-refractivity contribution in [1.29, 1.82) is 0 Å². The zero-order valence-electron chi connectivity index (χ0n) is 17.9. The van der Waals surface area contributed by atoms with Crippen molar-refractivity contribution in [3.05, 3.63) is 95.6 Å². The molecular weight excluding hydrogens is 382 g/mol. The molecule has 3 nitrogen and oxygen atoms in total. The summed E-state index contributed by atoms with van der Waals surface area (Å²) >= 11 is 0. The number of hydrogen-bond donors (Lipinski definition) is 0. The first-order valence-electron chi connectivity index (χ1n) is 11.3. The van der Waals surface area contributed by atoms with Crippen molar-refractivity contribution in [2.24, 2.45) is 0 Å². The van der Waals surface area contributed by atoms with Gasteiger partial charge in [0.05, 0.1) is 0 Å². The normalized spacial score (nSPS) is 18.6. The summed E-state index contributed by atoms with van der Waals surface area (Å²) in [4.78, 5) is 2.50. The van der Waals surface area contributed by atoms with Crippen molar-refractivity contribution >= 4 is 11.6 Å². The van der Waals surface area contributed by atoms with E-state index in [1.54, 1.807) is 0 Å². The molecular formula is C28H29NO2. The second-order valence-corrected chi connectivity index (χ2v) is 8.32. The van der Waals surface area contributed by atoms with E-state index < -0.39 is 0 Å². The van der Waals surface area contributed by atoms with Gasteiger partial charge in [0.2, 0.25) is 0 Å². The number of para-hydroxylation sites is 1. The quantitative estimate of drug-likeness (QED) is 0.480. The van der Waals surface area contributed by atoms with Crippen LogP contribution in [0.3, 0.4) is 0 Å². The molecule has 3 aromatic rings. The SMILES string of the molecule is C1=C(c2ccccc2)C(c2ccc(OCCN3CCCCC3)cc2)Oc2ccccc21. The Morgan fingerprint density at radius 2 is 1.55 bits per heavy atom. The van der Waals surface area contributed by atoms with Gasteiger partial charge in [-0.2, -0.15) is 0 Å². The monoisotopic (exact) mass is 411 g/mol. The zero-order valence-corrected chi connectivity index (χ0v) is 17.9. The van der Waals surface area contributed by atoms with Crippen LogP contribution in [0, 0.1) is 0 Å². The highest BCUT2D eigenvalue weighted by Crippen LogP contribution is 2.42. The van der Waals surface area contributed by atoms with Gasteiger partial charge in [0.1, 0.15) is 24.2 Å². The fourth-order valence-electron chi connectivity index (χ4n) is 4.47. The van der Waals surface area contributed by atoms with Gasteiger partial charge in [0.15, 0.2) is 0 Å².